The minimum Gasteiger partial charge on any atom is -0.493 e. The van der Waals surface area contributed by atoms with Crippen molar-refractivity contribution in [1.82, 2.24) is 16.0 Å². The Morgan fingerprint density at radius 3 is 2.73 bits per heavy atom. The van der Waals surface area contributed by atoms with Crippen LogP contribution in [-0.2, 0) is 26.3 Å². The zero-order valence-electron chi connectivity index (χ0n) is 23.0. The monoisotopic (exact) mass is 564 g/mol. The summed E-state index contributed by atoms with van der Waals surface area (Å²) in [6.07, 6.45) is 7.89. The van der Waals surface area contributed by atoms with Gasteiger partial charge in [-0.1, -0.05) is 18.1 Å². The molecule has 0 spiro atoms. The van der Waals surface area contributed by atoms with Gasteiger partial charge in [-0.2, -0.15) is 0 Å². The number of ether oxygens (including phenoxy) is 1. The first-order valence-electron chi connectivity index (χ1n) is 14.0. The predicted molar refractivity (Wildman–Crippen MR) is 151 cm³/mol. The molecular formula is C31H37FN4O5. The summed E-state index contributed by atoms with van der Waals surface area (Å²) in [5, 5.41) is 20.1. The van der Waals surface area contributed by atoms with Gasteiger partial charge in [0.1, 0.15) is 17.6 Å². The van der Waals surface area contributed by atoms with Crippen molar-refractivity contribution in [1.29, 1.82) is 0 Å². The SMILES string of the molecule is C#Cc1cccc(C2(NC[C@@H](O)[C@@H]3Cc4cc(F)cc(c4)OCCCCCC(=O)N[C@@H](CC(N)=O)C(=O)N3)CC2)c1. The molecule has 10 heteroatoms. The zero-order chi connectivity index (χ0) is 29.4. The van der Waals surface area contributed by atoms with Gasteiger partial charge in [0.25, 0.3) is 0 Å². The van der Waals surface area contributed by atoms with E-state index in [-0.39, 0.29) is 30.8 Å². The highest BCUT2D eigenvalue weighted by molar-refractivity contribution is 5.91. The molecule has 0 aromatic heterocycles. The number of terminal acetylenes is 1. The summed E-state index contributed by atoms with van der Waals surface area (Å²) in [6, 6.07) is 9.86. The molecule has 0 unspecified atom stereocenters. The number of benzene rings is 2. The van der Waals surface area contributed by atoms with E-state index in [0.29, 0.717) is 37.2 Å². The van der Waals surface area contributed by atoms with Crippen LogP contribution in [-0.4, -0.2) is 54.2 Å². The van der Waals surface area contributed by atoms with Gasteiger partial charge in [-0.15, -0.1) is 6.42 Å². The minimum atomic E-state index is -1.21. The molecule has 2 aromatic carbocycles. The Hall–Kier alpha value is -3.94. The summed E-state index contributed by atoms with van der Waals surface area (Å²) in [6.45, 7) is 0.460. The minimum absolute atomic E-state index is 0.0690. The Kier molecular flexibility index (Phi) is 9.97. The lowest BCUT2D eigenvalue weighted by atomic mass is 9.98. The van der Waals surface area contributed by atoms with Crippen LogP contribution in [0.25, 0.3) is 0 Å². The van der Waals surface area contributed by atoms with Crippen LogP contribution in [0.3, 0.4) is 0 Å². The number of hydrogen-bond acceptors (Lipinski definition) is 6. The van der Waals surface area contributed by atoms with E-state index in [1.165, 1.54) is 12.1 Å². The van der Waals surface area contributed by atoms with Crippen LogP contribution in [0.2, 0.25) is 0 Å². The van der Waals surface area contributed by atoms with Crippen LogP contribution in [0, 0.1) is 18.2 Å². The maximum Gasteiger partial charge on any atom is 0.243 e. The molecular weight excluding hydrogens is 527 g/mol. The number of hydrogen-bond donors (Lipinski definition) is 5. The standard InChI is InChI=1S/C31H37FN4O5/c1-2-20-7-6-8-22(13-20)31(10-11-31)34-19-27(37)25-16-21-14-23(32)17-24(15-21)41-12-5-3-4-9-29(39)35-26(18-28(33)38)30(40)36-25/h1,6-8,13-15,17,25-27,34,37H,3-5,9-12,16,18-19H2,(H2,33,38)(H,35,39)(H,36,40)/t25-,26-,27+/m0/s1. The maximum absolute atomic E-state index is 14.5. The first kappa shape index (κ1) is 30.0. The molecule has 1 fully saturated rings. The summed E-state index contributed by atoms with van der Waals surface area (Å²) < 4.78 is 20.2. The lowest BCUT2D eigenvalue weighted by Gasteiger charge is -2.29. The third-order valence-electron chi connectivity index (χ3n) is 7.53. The van der Waals surface area contributed by atoms with Crippen LogP contribution in [0.5, 0.6) is 5.75 Å². The number of aliphatic hydroxyl groups excluding tert-OH is 1. The number of halogens is 1. The maximum atomic E-state index is 14.5. The third-order valence-corrected chi connectivity index (χ3v) is 7.53. The zero-order valence-corrected chi connectivity index (χ0v) is 23.0. The quantitative estimate of drug-likeness (QED) is 0.325. The molecule has 3 atom stereocenters. The van der Waals surface area contributed by atoms with Crippen molar-refractivity contribution in [3.63, 3.8) is 0 Å². The van der Waals surface area contributed by atoms with Crippen LogP contribution in [0.4, 0.5) is 4.39 Å². The number of carbonyl (C=O) groups excluding carboxylic acids is 3. The Labute approximate surface area is 239 Å². The van der Waals surface area contributed by atoms with E-state index < -0.39 is 42.2 Å². The highest BCUT2D eigenvalue weighted by atomic mass is 19.1. The van der Waals surface area contributed by atoms with Crippen LogP contribution in [0.1, 0.15) is 61.6 Å². The molecule has 2 bridgehead atoms. The van der Waals surface area contributed by atoms with Crippen molar-refractivity contribution in [2.45, 2.75) is 75.1 Å². The molecule has 1 saturated carbocycles. The van der Waals surface area contributed by atoms with Crippen LogP contribution < -0.4 is 26.4 Å². The summed E-state index contributed by atoms with van der Waals surface area (Å²) in [4.78, 5) is 37.5. The highest BCUT2D eigenvalue weighted by Gasteiger charge is 2.44. The molecule has 0 radical (unpaired) electrons. The van der Waals surface area contributed by atoms with E-state index >= 15 is 0 Å². The normalized spacial score (nSPS) is 21.9. The molecule has 1 aliphatic heterocycles. The van der Waals surface area contributed by atoms with Gasteiger partial charge in [-0.25, -0.2) is 4.39 Å². The predicted octanol–water partition coefficient (Wildman–Crippen LogP) is 1.79. The number of rotatable bonds is 7. The first-order valence-corrected chi connectivity index (χ1v) is 14.0. The number of amides is 3. The van der Waals surface area contributed by atoms with Crippen LogP contribution in [0.15, 0.2) is 42.5 Å². The molecule has 9 nitrogen and oxygen atoms in total. The van der Waals surface area contributed by atoms with Crippen molar-refractivity contribution >= 4 is 17.7 Å². The van der Waals surface area contributed by atoms with E-state index in [0.717, 1.165) is 24.0 Å². The van der Waals surface area contributed by atoms with E-state index in [4.69, 9.17) is 16.9 Å². The summed E-state index contributed by atoms with van der Waals surface area (Å²) in [7, 11) is 0. The van der Waals surface area contributed by atoms with Gasteiger partial charge in [-0.3, -0.25) is 14.4 Å². The number of nitrogens with one attached hydrogen (secondary N) is 3. The smallest absolute Gasteiger partial charge is 0.243 e. The molecule has 4 rings (SSSR count). The average molecular weight is 565 g/mol. The van der Waals surface area contributed by atoms with Gasteiger partial charge < -0.3 is 31.5 Å². The topological polar surface area (TPSA) is 143 Å². The Bertz CT molecular complexity index is 1310. The number of nitrogens with two attached hydrogens (primary N) is 1. The van der Waals surface area contributed by atoms with Gasteiger partial charge in [0.05, 0.1) is 25.2 Å². The van der Waals surface area contributed by atoms with Crippen LogP contribution >= 0.6 is 0 Å². The molecule has 1 heterocycles. The Morgan fingerprint density at radius 2 is 2.00 bits per heavy atom. The molecule has 6 N–H and O–H groups in total. The fourth-order valence-corrected chi connectivity index (χ4v) is 5.12. The fraction of sp³-hybridized carbons (Fsp3) is 0.452. The second-order valence-electron chi connectivity index (χ2n) is 10.8. The Balaban J connectivity index is 1.57. The summed E-state index contributed by atoms with van der Waals surface area (Å²) in [5.41, 5.74) is 7.29. The summed E-state index contributed by atoms with van der Waals surface area (Å²) in [5.74, 6) is 0.689. The highest BCUT2D eigenvalue weighted by Crippen LogP contribution is 2.45. The number of aliphatic hydroxyl groups is 1. The van der Waals surface area contributed by atoms with Gasteiger partial charge >= 0.3 is 0 Å². The van der Waals surface area contributed by atoms with Crippen molar-refractivity contribution in [2.75, 3.05) is 13.2 Å². The summed E-state index contributed by atoms with van der Waals surface area (Å²) >= 11 is 0. The second-order valence-corrected chi connectivity index (χ2v) is 10.8. The van der Waals surface area contributed by atoms with E-state index in [9.17, 15) is 23.9 Å². The molecule has 2 aliphatic rings. The van der Waals surface area contributed by atoms with Gasteiger partial charge in [-0.05, 0) is 73.9 Å². The molecule has 3 amide bonds. The molecule has 2 aromatic rings. The molecule has 1 aliphatic carbocycles. The lowest BCUT2D eigenvalue weighted by molar-refractivity contribution is -0.132. The van der Waals surface area contributed by atoms with E-state index in [2.05, 4.69) is 21.9 Å². The number of fused-ring (bicyclic) bond motifs is 2. The van der Waals surface area contributed by atoms with E-state index in [1.807, 2.05) is 24.3 Å². The molecule has 0 saturated heterocycles. The largest absolute Gasteiger partial charge is 0.493 e. The van der Waals surface area contributed by atoms with Crippen molar-refractivity contribution in [3.8, 4) is 18.1 Å². The fourth-order valence-electron chi connectivity index (χ4n) is 5.12. The van der Waals surface area contributed by atoms with Crippen molar-refractivity contribution in [3.05, 3.63) is 65.0 Å². The van der Waals surface area contributed by atoms with Crippen molar-refractivity contribution < 1.29 is 28.6 Å². The molecule has 218 valence electrons. The lowest BCUT2D eigenvalue weighted by Crippen LogP contribution is -2.56. The second kappa shape index (κ2) is 13.6. The Morgan fingerprint density at radius 1 is 1.20 bits per heavy atom. The van der Waals surface area contributed by atoms with Gasteiger partial charge in [0.2, 0.25) is 17.7 Å². The average Bonchev–Trinajstić information content (AvgIpc) is 3.73. The number of carbonyl (C=O) groups is 3. The van der Waals surface area contributed by atoms with Crippen molar-refractivity contribution in [2.24, 2.45) is 5.73 Å². The number of primary amides is 1. The van der Waals surface area contributed by atoms with E-state index in [1.54, 1.807) is 6.07 Å². The first-order chi connectivity index (χ1) is 19.7. The molecule has 41 heavy (non-hydrogen) atoms. The van der Waals surface area contributed by atoms with Gasteiger partial charge in [0, 0.05) is 30.1 Å². The third kappa shape index (κ3) is 8.52. The van der Waals surface area contributed by atoms with Gasteiger partial charge in [0.15, 0.2) is 0 Å².